The first-order chi connectivity index (χ1) is 19.0. The van der Waals surface area contributed by atoms with Gasteiger partial charge in [-0.05, 0) is 34.4 Å². The first-order valence-corrected chi connectivity index (χ1v) is 14.2. The molecular formula is C34H25NO3S. The van der Waals surface area contributed by atoms with Gasteiger partial charge in [-0.2, -0.15) is 0 Å². The van der Waals surface area contributed by atoms with Gasteiger partial charge in [0.1, 0.15) is 0 Å². The highest BCUT2D eigenvalue weighted by atomic mass is 32.2. The lowest BCUT2D eigenvalue weighted by Gasteiger charge is -2.56. The largest absolute Gasteiger partial charge is 0.277 e. The summed E-state index contributed by atoms with van der Waals surface area (Å²) in [4.78, 5) is 18.5. The van der Waals surface area contributed by atoms with Gasteiger partial charge in [0.05, 0.1) is 5.71 Å². The van der Waals surface area contributed by atoms with E-state index < -0.39 is 25.2 Å². The molecule has 6 rings (SSSR count). The highest BCUT2D eigenvalue weighted by Crippen LogP contribution is 2.63. The molecule has 5 aromatic rings. The van der Waals surface area contributed by atoms with Crippen LogP contribution in [0, 0.1) is 0 Å². The van der Waals surface area contributed by atoms with Crippen molar-refractivity contribution in [1.82, 2.24) is 0 Å². The molecule has 0 aliphatic carbocycles. The van der Waals surface area contributed by atoms with Crippen molar-refractivity contribution in [3.63, 3.8) is 0 Å². The van der Waals surface area contributed by atoms with Crippen LogP contribution in [0.2, 0.25) is 0 Å². The molecule has 5 heteroatoms. The Morgan fingerprint density at radius 1 is 0.462 bits per heavy atom. The van der Waals surface area contributed by atoms with Crippen LogP contribution in [0.3, 0.4) is 0 Å². The van der Waals surface area contributed by atoms with E-state index in [1.807, 2.05) is 78.9 Å². The van der Waals surface area contributed by atoms with Crippen molar-refractivity contribution in [2.75, 3.05) is 0 Å². The van der Waals surface area contributed by atoms with Gasteiger partial charge in [-0.1, -0.05) is 140 Å². The maximum absolute atomic E-state index is 15.3. The fraction of sp³-hybridized carbons (Fsp3) is 0.0588. The third-order valence-corrected chi connectivity index (χ3v) is 10.4. The predicted octanol–water partition coefficient (Wildman–Crippen LogP) is 6.58. The number of rotatable bonds is 5. The highest BCUT2D eigenvalue weighted by Gasteiger charge is 2.77. The number of hydrogen-bond acceptors (Lipinski definition) is 3. The van der Waals surface area contributed by atoms with Crippen LogP contribution in [-0.4, -0.2) is 20.0 Å². The van der Waals surface area contributed by atoms with E-state index in [0.29, 0.717) is 27.8 Å². The Morgan fingerprint density at radius 2 is 0.744 bits per heavy atom. The Balaban J connectivity index is 1.78. The quantitative estimate of drug-likeness (QED) is 0.259. The molecule has 0 unspecified atom stereocenters. The number of carbonyl (C=O) groups is 1. The second kappa shape index (κ2) is 9.61. The Morgan fingerprint density at radius 3 is 1.05 bits per heavy atom. The lowest BCUT2D eigenvalue weighted by Crippen LogP contribution is -2.72. The van der Waals surface area contributed by atoms with Gasteiger partial charge < -0.3 is 0 Å². The zero-order chi connectivity index (χ0) is 26.9. The normalized spacial score (nSPS) is 16.6. The summed E-state index contributed by atoms with van der Waals surface area (Å²) in [5.41, 5.74) is 2.81. The zero-order valence-electron chi connectivity index (χ0n) is 21.0. The number of carbonyl (C=O) groups excluding carboxylic acids is 1. The molecule has 5 aromatic carbocycles. The number of hydrogen-bond donors (Lipinski definition) is 0. The molecule has 190 valence electrons. The second-order valence-electron chi connectivity index (χ2n) is 9.46. The molecule has 0 radical (unpaired) electrons. The van der Waals surface area contributed by atoms with Crippen LogP contribution in [0.5, 0.6) is 0 Å². The molecule has 1 fully saturated rings. The standard InChI is InChI=1S/C34H25NO3S/c36-31(26-16-6-1-7-17-26)35-32-33(27-18-8-2-9-19-27,28-20-10-3-11-21-28)39(37,38)34(32,29-22-12-4-13-23-29)30-24-14-5-15-25-30/h1-25H. The predicted molar refractivity (Wildman–Crippen MR) is 154 cm³/mol. The molecule has 1 heterocycles. The average Bonchev–Trinajstić information content (AvgIpc) is 3.00. The Kier molecular flexibility index (Phi) is 6.09. The minimum atomic E-state index is -4.16. The topological polar surface area (TPSA) is 63.6 Å². The molecule has 1 saturated heterocycles. The highest BCUT2D eigenvalue weighted by molar-refractivity contribution is 7.98. The molecule has 0 spiro atoms. The molecule has 0 aromatic heterocycles. The summed E-state index contributed by atoms with van der Waals surface area (Å²) < 4.78 is 27.3. The van der Waals surface area contributed by atoms with Gasteiger partial charge in [-0.25, -0.2) is 13.4 Å². The van der Waals surface area contributed by atoms with Crippen molar-refractivity contribution in [3.8, 4) is 0 Å². The lowest BCUT2D eigenvalue weighted by atomic mass is 9.73. The van der Waals surface area contributed by atoms with Crippen molar-refractivity contribution < 1.29 is 13.2 Å². The van der Waals surface area contributed by atoms with E-state index in [0.717, 1.165) is 0 Å². The van der Waals surface area contributed by atoms with Gasteiger partial charge >= 0.3 is 0 Å². The smallest absolute Gasteiger partial charge is 0.267 e. The van der Waals surface area contributed by atoms with Crippen LogP contribution in [0.1, 0.15) is 32.6 Å². The molecular weight excluding hydrogens is 502 g/mol. The fourth-order valence-electron chi connectivity index (χ4n) is 5.78. The van der Waals surface area contributed by atoms with Crippen LogP contribution in [0.25, 0.3) is 0 Å². The van der Waals surface area contributed by atoms with Crippen molar-refractivity contribution in [3.05, 3.63) is 179 Å². The van der Waals surface area contributed by atoms with Crippen LogP contribution in [0.4, 0.5) is 0 Å². The Labute approximate surface area is 228 Å². The van der Waals surface area contributed by atoms with Gasteiger partial charge in [0.25, 0.3) is 5.91 Å². The molecule has 0 bridgehead atoms. The Bertz CT molecular complexity index is 1570. The molecule has 0 atom stereocenters. The van der Waals surface area contributed by atoms with Crippen molar-refractivity contribution in [2.45, 2.75) is 9.49 Å². The third kappa shape index (κ3) is 3.47. The van der Waals surface area contributed by atoms with E-state index in [1.54, 1.807) is 72.8 Å². The van der Waals surface area contributed by atoms with Gasteiger partial charge in [-0.3, -0.25) is 4.79 Å². The van der Waals surface area contributed by atoms with E-state index in [-0.39, 0.29) is 5.71 Å². The number of sulfone groups is 1. The Hall–Kier alpha value is -4.61. The van der Waals surface area contributed by atoms with E-state index in [2.05, 4.69) is 0 Å². The SMILES string of the molecule is O=C(N=C1C(c2ccccc2)(c2ccccc2)S(=O)(=O)C1(c1ccccc1)c1ccccc1)c1ccccc1. The third-order valence-electron chi connectivity index (χ3n) is 7.43. The van der Waals surface area contributed by atoms with Crippen molar-refractivity contribution >= 4 is 21.5 Å². The molecule has 0 N–H and O–H groups in total. The van der Waals surface area contributed by atoms with Crippen molar-refractivity contribution in [2.24, 2.45) is 4.99 Å². The van der Waals surface area contributed by atoms with Crippen LogP contribution >= 0.6 is 0 Å². The first kappa shape index (κ1) is 24.7. The summed E-state index contributed by atoms with van der Waals surface area (Å²) >= 11 is 0. The number of aliphatic imine (C=N–C) groups is 1. The van der Waals surface area contributed by atoms with Gasteiger partial charge in [0.2, 0.25) is 0 Å². The molecule has 0 saturated carbocycles. The molecule has 1 amide bonds. The van der Waals surface area contributed by atoms with Crippen LogP contribution in [-0.2, 0) is 19.3 Å². The number of nitrogens with zero attached hydrogens (tertiary/aromatic N) is 1. The summed E-state index contributed by atoms with van der Waals surface area (Å²) in [6, 6.07) is 45.1. The maximum Gasteiger partial charge on any atom is 0.277 e. The minimum absolute atomic E-state index is 0.263. The van der Waals surface area contributed by atoms with Crippen LogP contribution in [0.15, 0.2) is 157 Å². The van der Waals surface area contributed by atoms with E-state index in [1.165, 1.54) is 0 Å². The monoisotopic (exact) mass is 527 g/mol. The van der Waals surface area contributed by atoms with Gasteiger partial charge in [-0.15, -0.1) is 0 Å². The van der Waals surface area contributed by atoms with Gasteiger partial charge in [0.15, 0.2) is 19.3 Å². The summed E-state index contributed by atoms with van der Waals surface area (Å²) in [7, 11) is -4.16. The van der Waals surface area contributed by atoms with E-state index in [4.69, 9.17) is 4.99 Å². The van der Waals surface area contributed by atoms with Crippen molar-refractivity contribution in [1.29, 1.82) is 0 Å². The summed E-state index contributed by atoms with van der Waals surface area (Å²) in [5.74, 6) is -0.493. The molecule has 1 aliphatic rings. The number of benzene rings is 5. The lowest BCUT2D eigenvalue weighted by molar-refractivity contribution is 0.100. The first-order valence-electron chi connectivity index (χ1n) is 12.7. The summed E-state index contributed by atoms with van der Waals surface area (Å²) in [6.45, 7) is 0. The average molecular weight is 528 g/mol. The molecule has 1 aliphatic heterocycles. The zero-order valence-corrected chi connectivity index (χ0v) is 21.8. The number of amides is 1. The molecule has 39 heavy (non-hydrogen) atoms. The summed E-state index contributed by atoms with van der Waals surface area (Å²) in [6.07, 6.45) is 0. The summed E-state index contributed by atoms with van der Waals surface area (Å²) in [5, 5.41) is 0. The molecule has 4 nitrogen and oxygen atoms in total. The van der Waals surface area contributed by atoms with E-state index in [9.17, 15) is 4.79 Å². The second-order valence-corrected chi connectivity index (χ2v) is 11.7. The fourth-order valence-corrected chi connectivity index (χ4v) is 8.78. The van der Waals surface area contributed by atoms with Crippen LogP contribution < -0.4 is 0 Å². The van der Waals surface area contributed by atoms with Gasteiger partial charge in [0, 0.05) is 5.56 Å². The minimum Gasteiger partial charge on any atom is -0.267 e. The van der Waals surface area contributed by atoms with E-state index >= 15 is 8.42 Å². The maximum atomic E-state index is 15.3.